The van der Waals surface area contributed by atoms with Crippen molar-refractivity contribution < 1.29 is 28.7 Å². The van der Waals surface area contributed by atoms with Crippen LogP contribution in [-0.4, -0.2) is 77.6 Å². The predicted molar refractivity (Wildman–Crippen MR) is 144 cm³/mol. The average molecular weight is 524 g/mol. The molecule has 9 heteroatoms. The summed E-state index contributed by atoms with van der Waals surface area (Å²) in [6, 6.07) is -1.94. The van der Waals surface area contributed by atoms with Gasteiger partial charge in [0.25, 0.3) is 0 Å². The summed E-state index contributed by atoms with van der Waals surface area (Å²) in [6.45, 7) is 19.1. The molecule has 0 aromatic carbocycles. The molecule has 1 fully saturated rings. The van der Waals surface area contributed by atoms with Gasteiger partial charge in [-0.25, -0.2) is 9.59 Å². The quantitative estimate of drug-likeness (QED) is 0.376. The molecule has 1 aliphatic heterocycles. The van der Waals surface area contributed by atoms with E-state index in [1.54, 1.807) is 52.6 Å². The Balaban J connectivity index is 3.20. The zero-order chi connectivity index (χ0) is 28.7. The van der Waals surface area contributed by atoms with Crippen LogP contribution in [0.25, 0.3) is 0 Å². The summed E-state index contributed by atoms with van der Waals surface area (Å²) in [5.41, 5.74) is -0.858. The molecule has 1 rings (SSSR count). The summed E-state index contributed by atoms with van der Waals surface area (Å²) < 4.78 is 10.6. The summed E-state index contributed by atoms with van der Waals surface area (Å²) in [6.07, 6.45) is 3.31. The van der Waals surface area contributed by atoms with Crippen LogP contribution in [0.5, 0.6) is 0 Å². The van der Waals surface area contributed by atoms with Gasteiger partial charge in [0.05, 0.1) is 12.6 Å². The van der Waals surface area contributed by atoms with Crippen molar-refractivity contribution in [3.63, 3.8) is 0 Å². The minimum Gasteiger partial charge on any atom is -0.463 e. The van der Waals surface area contributed by atoms with Crippen LogP contribution in [0.4, 0.5) is 4.79 Å². The molecule has 37 heavy (non-hydrogen) atoms. The lowest BCUT2D eigenvalue weighted by atomic mass is 9.84. The molecule has 0 bridgehead atoms. The smallest absolute Gasteiger partial charge is 0.410 e. The van der Waals surface area contributed by atoms with Gasteiger partial charge < -0.3 is 19.7 Å². The molecule has 1 aliphatic rings. The number of rotatable bonds is 8. The van der Waals surface area contributed by atoms with E-state index in [2.05, 4.69) is 5.32 Å². The Morgan fingerprint density at radius 3 is 2.16 bits per heavy atom. The Hall–Kier alpha value is -2.58. The van der Waals surface area contributed by atoms with Gasteiger partial charge in [0.1, 0.15) is 17.7 Å². The van der Waals surface area contributed by atoms with Crippen LogP contribution in [0.15, 0.2) is 11.6 Å². The molecule has 0 aliphatic carbocycles. The minimum atomic E-state index is -0.843. The third-order valence-electron chi connectivity index (χ3n) is 6.33. The van der Waals surface area contributed by atoms with Gasteiger partial charge in [0.15, 0.2) is 0 Å². The van der Waals surface area contributed by atoms with Crippen LogP contribution in [-0.2, 0) is 23.9 Å². The van der Waals surface area contributed by atoms with Crippen molar-refractivity contribution in [2.24, 2.45) is 11.3 Å². The summed E-state index contributed by atoms with van der Waals surface area (Å²) in [5, 5.41) is 2.95. The molecule has 212 valence electrons. The third kappa shape index (κ3) is 9.67. The number of carbonyl (C=O) groups is 4. The van der Waals surface area contributed by atoms with Crippen LogP contribution >= 0.6 is 0 Å². The van der Waals surface area contributed by atoms with E-state index >= 15 is 0 Å². The number of nitrogens with zero attached hydrogens (tertiary/aromatic N) is 2. The average Bonchev–Trinajstić information content (AvgIpc) is 2.77. The van der Waals surface area contributed by atoms with Crippen molar-refractivity contribution in [2.75, 3.05) is 20.2 Å². The van der Waals surface area contributed by atoms with E-state index in [1.807, 2.05) is 34.6 Å². The zero-order valence-electron chi connectivity index (χ0n) is 24.8. The molecule has 1 saturated heterocycles. The number of hydrogen-bond acceptors (Lipinski definition) is 6. The number of likely N-dealkylation sites (N-methyl/N-ethyl adjacent to an activating group) is 1. The topological polar surface area (TPSA) is 105 Å². The van der Waals surface area contributed by atoms with Crippen molar-refractivity contribution in [3.05, 3.63) is 11.6 Å². The maximum Gasteiger partial charge on any atom is 0.410 e. The minimum absolute atomic E-state index is 0.00986. The summed E-state index contributed by atoms with van der Waals surface area (Å²) in [4.78, 5) is 55.4. The fraction of sp³-hybridized carbons (Fsp3) is 0.786. The first-order chi connectivity index (χ1) is 16.9. The van der Waals surface area contributed by atoms with Gasteiger partial charge in [-0.3, -0.25) is 14.5 Å². The molecule has 0 radical (unpaired) electrons. The molecule has 3 atom stereocenters. The maximum atomic E-state index is 13.8. The lowest BCUT2D eigenvalue weighted by molar-refractivity contribution is -0.142. The Bertz CT molecular complexity index is 853. The van der Waals surface area contributed by atoms with Crippen LogP contribution in [0, 0.1) is 11.3 Å². The normalized spacial score (nSPS) is 18.6. The highest BCUT2D eigenvalue weighted by atomic mass is 16.6. The number of carbonyl (C=O) groups excluding carboxylic acids is 4. The Kier molecular flexibility index (Phi) is 11.7. The van der Waals surface area contributed by atoms with E-state index in [4.69, 9.17) is 9.47 Å². The largest absolute Gasteiger partial charge is 0.463 e. The maximum absolute atomic E-state index is 13.8. The van der Waals surface area contributed by atoms with E-state index in [9.17, 15) is 19.2 Å². The van der Waals surface area contributed by atoms with Crippen molar-refractivity contribution in [1.82, 2.24) is 15.1 Å². The van der Waals surface area contributed by atoms with E-state index in [0.29, 0.717) is 18.5 Å². The first-order valence-electron chi connectivity index (χ1n) is 13.3. The highest BCUT2D eigenvalue weighted by Gasteiger charge is 2.41. The molecule has 0 aromatic rings. The Morgan fingerprint density at radius 1 is 1.08 bits per heavy atom. The van der Waals surface area contributed by atoms with E-state index < -0.39 is 35.2 Å². The molecule has 0 unspecified atom stereocenters. The van der Waals surface area contributed by atoms with Gasteiger partial charge in [-0.1, -0.05) is 40.7 Å². The number of amides is 3. The highest BCUT2D eigenvalue weighted by molar-refractivity contribution is 5.92. The lowest BCUT2D eigenvalue weighted by Crippen LogP contribution is -2.60. The van der Waals surface area contributed by atoms with Gasteiger partial charge in [0.2, 0.25) is 11.8 Å². The fourth-order valence-corrected chi connectivity index (χ4v) is 4.30. The molecule has 0 spiro atoms. The number of ether oxygens (including phenoxy) is 2. The molecular weight excluding hydrogens is 474 g/mol. The zero-order valence-corrected chi connectivity index (χ0v) is 24.8. The molecular formula is C28H49N3O6. The molecule has 9 nitrogen and oxygen atoms in total. The number of hydrogen-bond donors (Lipinski definition) is 1. The number of likely N-dealkylation sites (tertiary alicyclic amines) is 1. The summed E-state index contributed by atoms with van der Waals surface area (Å²) in [7, 11) is 1.68. The van der Waals surface area contributed by atoms with Crippen LogP contribution < -0.4 is 5.32 Å². The van der Waals surface area contributed by atoms with Gasteiger partial charge >= 0.3 is 12.1 Å². The molecule has 0 saturated carbocycles. The summed E-state index contributed by atoms with van der Waals surface area (Å²) in [5.74, 6) is -1.05. The molecule has 1 heterocycles. The number of nitrogens with one attached hydrogen (secondary N) is 1. The molecule has 1 N–H and O–H groups in total. The predicted octanol–water partition coefficient (Wildman–Crippen LogP) is 4.30. The fourth-order valence-electron chi connectivity index (χ4n) is 4.30. The van der Waals surface area contributed by atoms with Crippen molar-refractivity contribution in [3.8, 4) is 0 Å². The SMILES string of the molecule is CCOC(=O)C(C)=C[C@H](C(C)C)N(C)C(=O)[C@@H](NC(=O)[C@H]1CCCCN1C(=O)OC(C)(C)C)C(C)(C)C. The van der Waals surface area contributed by atoms with Crippen molar-refractivity contribution in [2.45, 2.75) is 112 Å². The molecule has 3 amide bonds. The first-order valence-corrected chi connectivity index (χ1v) is 13.3. The monoisotopic (exact) mass is 523 g/mol. The van der Waals surface area contributed by atoms with Crippen LogP contribution in [0.1, 0.15) is 88.5 Å². The number of esters is 1. The van der Waals surface area contributed by atoms with Crippen LogP contribution in [0.3, 0.4) is 0 Å². The van der Waals surface area contributed by atoms with E-state index in [0.717, 1.165) is 12.8 Å². The lowest BCUT2D eigenvalue weighted by Gasteiger charge is -2.40. The van der Waals surface area contributed by atoms with E-state index in [1.165, 1.54) is 4.90 Å². The second kappa shape index (κ2) is 13.3. The second-order valence-electron chi connectivity index (χ2n) is 12.2. The highest BCUT2D eigenvalue weighted by Crippen LogP contribution is 2.26. The Morgan fingerprint density at radius 2 is 1.68 bits per heavy atom. The van der Waals surface area contributed by atoms with Crippen molar-refractivity contribution in [1.29, 1.82) is 0 Å². The van der Waals surface area contributed by atoms with Gasteiger partial charge in [-0.05, 0) is 65.2 Å². The van der Waals surface area contributed by atoms with Gasteiger partial charge in [-0.2, -0.15) is 0 Å². The third-order valence-corrected chi connectivity index (χ3v) is 6.33. The van der Waals surface area contributed by atoms with Crippen LogP contribution in [0.2, 0.25) is 0 Å². The molecule has 0 aromatic heterocycles. The Labute approximate surface area is 223 Å². The second-order valence-corrected chi connectivity index (χ2v) is 12.2. The van der Waals surface area contributed by atoms with E-state index in [-0.39, 0.29) is 30.4 Å². The van der Waals surface area contributed by atoms with Gasteiger partial charge in [-0.15, -0.1) is 0 Å². The number of piperidine rings is 1. The standard InChI is InChI=1S/C28H49N3O6/c1-12-36-25(34)19(4)17-21(18(2)3)30(11)24(33)22(27(5,6)7)29-23(32)20-15-13-14-16-31(20)26(35)37-28(8,9)10/h17-18,20-22H,12-16H2,1-11H3,(H,29,32)/t20-,21-,22-/m1/s1. The first kappa shape index (κ1) is 32.4. The summed E-state index contributed by atoms with van der Waals surface area (Å²) >= 11 is 0. The van der Waals surface area contributed by atoms with Gasteiger partial charge in [0, 0.05) is 19.2 Å². The van der Waals surface area contributed by atoms with Crippen molar-refractivity contribution >= 4 is 23.9 Å².